The molecule has 122 valence electrons. The monoisotopic (exact) mass is 329 g/mol. The van der Waals surface area contributed by atoms with Crippen LogP contribution in [-0.4, -0.2) is 21.7 Å². The van der Waals surface area contributed by atoms with Crippen LogP contribution >= 0.6 is 0 Å². The van der Waals surface area contributed by atoms with E-state index in [1.165, 1.54) is 49.4 Å². The quantitative estimate of drug-likeness (QED) is 0.640. The van der Waals surface area contributed by atoms with Gasteiger partial charge in [-0.1, -0.05) is 12.1 Å². The number of nitrogens with zero attached hydrogens (tertiary/aromatic N) is 3. The Morgan fingerprint density at radius 3 is 2.54 bits per heavy atom. The van der Waals surface area contributed by atoms with Crippen molar-refractivity contribution in [3.8, 4) is 0 Å². The first-order chi connectivity index (χ1) is 11.5. The third-order valence-corrected chi connectivity index (χ3v) is 3.46. The fourth-order valence-corrected chi connectivity index (χ4v) is 2.34. The summed E-state index contributed by atoms with van der Waals surface area (Å²) in [5.41, 5.74) is 0.492. The average molecular weight is 329 g/mol. The van der Waals surface area contributed by atoms with E-state index in [0.717, 1.165) is 5.01 Å². The van der Waals surface area contributed by atoms with Gasteiger partial charge in [-0.25, -0.2) is 4.39 Å². The highest BCUT2D eigenvalue weighted by molar-refractivity contribution is 5.96. The van der Waals surface area contributed by atoms with Crippen molar-refractivity contribution in [2.75, 3.05) is 0 Å². The minimum absolute atomic E-state index is 0.0911. The minimum Gasteiger partial charge on any atom is -0.445 e. The van der Waals surface area contributed by atoms with Crippen LogP contribution in [0.4, 0.5) is 10.1 Å². The summed E-state index contributed by atoms with van der Waals surface area (Å²) in [6.07, 6.45) is -1.05. The fourth-order valence-electron chi connectivity index (χ4n) is 2.34. The molecule has 24 heavy (non-hydrogen) atoms. The van der Waals surface area contributed by atoms with Crippen molar-refractivity contribution in [3.63, 3.8) is 0 Å². The summed E-state index contributed by atoms with van der Waals surface area (Å²) >= 11 is 0. The van der Waals surface area contributed by atoms with E-state index >= 15 is 0 Å². The molecule has 1 unspecified atom stereocenters. The molecule has 0 saturated carbocycles. The van der Waals surface area contributed by atoms with Gasteiger partial charge in [-0.15, -0.1) is 5.10 Å². The number of rotatable bonds is 3. The number of amides is 1. The fraction of sp³-hybridized carbons (Fsp3) is 0.125. The largest absolute Gasteiger partial charge is 0.445 e. The molecule has 0 N–H and O–H groups in total. The maximum absolute atomic E-state index is 13.0. The Hall–Kier alpha value is -3.29. The third kappa shape index (κ3) is 2.81. The molecule has 2 aromatic carbocycles. The molecule has 1 heterocycles. The van der Waals surface area contributed by atoms with Crippen LogP contribution in [0.2, 0.25) is 0 Å². The lowest BCUT2D eigenvalue weighted by Crippen LogP contribution is -2.25. The van der Waals surface area contributed by atoms with Crippen LogP contribution in [0.1, 0.15) is 24.3 Å². The third-order valence-electron chi connectivity index (χ3n) is 3.46. The van der Waals surface area contributed by atoms with Crippen LogP contribution in [0, 0.1) is 15.9 Å². The van der Waals surface area contributed by atoms with E-state index in [2.05, 4.69) is 5.10 Å². The molecule has 0 spiro atoms. The van der Waals surface area contributed by atoms with Gasteiger partial charge in [-0.2, -0.15) is 5.01 Å². The predicted octanol–water partition coefficient (Wildman–Crippen LogP) is 2.97. The molecule has 2 aromatic rings. The van der Waals surface area contributed by atoms with Crippen molar-refractivity contribution in [1.29, 1.82) is 0 Å². The molecule has 0 radical (unpaired) electrons. The second kappa shape index (κ2) is 6.07. The van der Waals surface area contributed by atoms with E-state index in [4.69, 9.17) is 4.74 Å². The molecule has 0 saturated heterocycles. The number of benzene rings is 2. The topological polar surface area (TPSA) is 85.0 Å². The van der Waals surface area contributed by atoms with E-state index < -0.39 is 22.9 Å². The number of carbonyl (C=O) groups excluding carboxylic acids is 1. The van der Waals surface area contributed by atoms with E-state index in [-0.39, 0.29) is 17.1 Å². The Morgan fingerprint density at radius 1 is 1.25 bits per heavy atom. The zero-order valence-corrected chi connectivity index (χ0v) is 12.5. The highest BCUT2D eigenvalue weighted by Gasteiger charge is 2.37. The number of nitro benzene ring substituents is 1. The number of halogens is 1. The number of hydrogen-bond acceptors (Lipinski definition) is 5. The summed E-state index contributed by atoms with van der Waals surface area (Å²) in [5, 5.41) is 16.3. The van der Waals surface area contributed by atoms with Gasteiger partial charge in [-0.05, 0) is 30.3 Å². The summed E-state index contributed by atoms with van der Waals surface area (Å²) in [4.78, 5) is 22.5. The predicted molar refractivity (Wildman–Crippen MR) is 82.4 cm³/mol. The second-order valence-electron chi connectivity index (χ2n) is 5.06. The highest BCUT2D eigenvalue weighted by Crippen LogP contribution is 2.35. The van der Waals surface area contributed by atoms with E-state index in [0.29, 0.717) is 5.56 Å². The average Bonchev–Trinajstić information content (AvgIpc) is 3.01. The summed E-state index contributed by atoms with van der Waals surface area (Å²) < 4.78 is 18.7. The Kier molecular flexibility index (Phi) is 3.95. The Balaban J connectivity index is 2.00. The first-order valence-corrected chi connectivity index (χ1v) is 7.01. The Bertz CT molecular complexity index is 835. The molecule has 8 heteroatoms. The van der Waals surface area contributed by atoms with Crippen LogP contribution in [0.25, 0.3) is 0 Å². The van der Waals surface area contributed by atoms with Crippen LogP contribution in [0.5, 0.6) is 0 Å². The Morgan fingerprint density at radius 2 is 1.92 bits per heavy atom. The maximum Gasteiger partial charge on any atom is 0.278 e. The van der Waals surface area contributed by atoms with Gasteiger partial charge in [0.25, 0.3) is 5.69 Å². The molecule has 1 aliphatic rings. The lowest BCUT2D eigenvalue weighted by atomic mass is 10.1. The first-order valence-electron chi connectivity index (χ1n) is 7.01. The molecule has 7 nitrogen and oxygen atoms in total. The van der Waals surface area contributed by atoms with Gasteiger partial charge in [0.05, 0.1) is 10.5 Å². The lowest BCUT2D eigenvalue weighted by molar-refractivity contribution is -0.386. The summed E-state index contributed by atoms with van der Waals surface area (Å²) in [7, 11) is 0. The number of hydrazone groups is 1. The number of carbonyl (C=O) groups is 1. The van der Waals surface area contributed by atoms with Crippen molar-refractivity contribution < 1.29 is 18.8 Å². The summed E-state index contributed by atoms with van der Waals surface area (Å²) in [6.45, 7) is 1.28. The lowest BCUT2D eigenvalue weighted by Gasteiger charge is -2.19. The maximum atomic E-state index is 13.0. The Labute approximate surface area is 136 Å². The van der Waals surface area contributed by atoms with Crippen LogP contribution in [0.3, 0.4) is 0 Å². The molecule has 1 atom stereocenters. The molecular formula is C16H12FN3O4. The van der Waals surface area contributed by atoms with Gasteiger partial charge >= 0.3 is 0 Å². The van der Waals surface area contributed by atoms with Gasteiger partial charge in [0.15, 0.2) is 0 Å². The SMILES string of the molecule is CC(=O)N1N=C(c2ccc(F)cc2)OC1c1ccccc1[N+](=O)[O-]. The van der Waals surface area contributed by atoms with Crippen molar-refractivity contribution in [3.05, 3.63) is 75.6 Å². The molecule has 1 aliphatic heterocycles. The number of ether oxygens (including phenoxy) is 1. The zero-order chi connectivity index (χ0) is 17.3. The highest BCUT2D eigenvalue weighted by atomic mass is 19.1. The van der Waals surface area contributed by atoms with Crippen LogP contribution in [-0.2, 0) is 9.53 Å². The molecule has 0 aliphatic carbocycles. The number of para-hydroxylation sites is 1. The van der Waals surface area contributed by atoms with Crippen molar-refractivity contribution in [2.45, 2.75) is 13.2 Å². The van der Waals surface area contributed by atoms with Gasteiger partial charge in [0.2, 0.25) is 18.0 Å². The normalized spacial score (nSPS) is 16.5. The van der Waals surface area contributed by atoms with Gasteiger partial charge in [0.1, 0.15) is 5.82 Å². The van der Waals surface area contributed by atoms with E-state index in [9.17, 15) is 19.3 Å². The molecule has 0 bridgehead atoms. The molecule has 0 aromatic heterocycles. The van der Waals surface area contributed by atoms with Gasteiger partial charge in [-0.3, -0.25) is 14.9 Å². The molecule has 1 amide bonds. The van der Waals surface area contributed by atoms with Gasteiger partial charge < -0.3 is 4.74 Å². The van der Waals surface area contributed by atoms with Crippen LogP contribution < -0.4 is 0 Å². The summed E-state index contributed by atoms with van der Waals surface area (Å²) in [6, 6.07) is 11.3. The number of hydrogen-bond donors (Lipinski definition) is 0. The molecule has 0 fully saturated rings. The molecular weight excluding hydrogens is 317 g/mol. The van der Waals surface area contributed by atoms with E-state index in [1.807, 2.05) is 0 Å². The molecule has 3 rings (SSSR count). The van der Waals surface area contributed by atoms with Gasteiger partial charge in [0, 0.05) is 18.6 Å². The van der Waals surface area contributed by atoms with E-state index in [1.54, 1.807) is 6.07 Å². The minimum atomic E-state index is -1.05. The van der Waals surface area contributed by atoms with Crippen molar-refractivity contribution in [2.24, 2.45) is 5.10 Å². The first kappa shape index (κ1) is 15.6. The standard InChI is InChI=1S/C16H12FN3O4/c1-10(21)19-16(13-4-2-3-5-14(13)20(22)23)24-15(18-19)11-6-8-12(17)9-7-11/h2-9,16H,1H3. The number of nitro groups is 1. The smallest absolute Gasteiger partial charge is 0.278 e. The van der Waals surface area contributed by atoms with Crippen LogP contribution in [0.15, 0.2) is 53.6 Å². The summed E-state index contributed by atoms with van der Waals surface area (Å²) in [5.74, 6) is -0.764. The zero-order valence-electron chi connectivity index (χ0n) is 12.5. The van der Waals surface area contributed by atoms with Crippen molar-refractivity contribution >= 4 is 17.5 Å². The second-order valence-corrected chi connectivity index (χ2v) is 5.06. The van der Waals surface area contributed by atoms with Crippen molar-refractivity contribution in [1.82, 2.24) is 5.01 Å².